The summed E-state index contributed by atoms with van der Waals surface area (Å²) in [6.45, 7) is 0.168. The summed E-state index contributed by atoms with van der Waals surface area (Å²) in [5.41, 5.74) is 0.263. The number of carbonyl (C=O) groups excluding carboxylic acids is 1. The van der Waals surface area contributed by atoms with Crippen molar-refractivity contribution in [2.45, 2.75) is 6.54 Å². The van der Waals surface area contributed by atoms with Crippen LogP contribution in [0.15, 0.2) is 46.6 Å². The molecule has 0 bridgehead atoms. The Kier molecular flexibility index (Phi) is 4.94. The minimum absolute atomic E-state index is 0.0953. The highest BCUT2D eigenvalue weighted by Crippen LogP contribution is 2.19. The molecule has 0 radical (unpaired) electrons. The van der Waals surface area contributed by atoms with E-state index in [-0.39, 0.29) is 17.9 Å². The predicted octanol–water partition coefficient (Wildman–Crippen LogP) is 2.65. The van der Waals surface area contributed by atoms with Gasteiger partial charge in [0, 0.05) is 0 Å². The van der Waals surface area contributed by atoms with Gasteiger partial charge in [0.15, 0.2) is 11.6 Å². The molecule has 0 saturated carbocycles. The standard InChI is InChI=1S/C16H13FN2O3/c1-21-15-5-4-11(8-14(15)17)7-12(9-18)16(20)19-10-13-3-2-6-22-13/h2-8H,10H2,1H3,(H,19,20)/b12-7+. The van der Waals surface area contributed by atoms with Crippen molar-refractivity contribution in [3.05, 3.63) is 59.3 Å². The van der Waals surface area contributed by atoms with Crippen LogP contribution in [0.1, 0.15) is 11.3 Å². The van der Waals surface area contributed by atoms with Gasteiger partial charge in [-0.1, -0.05) is 6.07 Å². The molecule has 2 aromatic rings. The molecule has 0 aliphatic heterocycles. The molecule has 0 aliphatic carbocycles. The molecule has 2 rings (SSSR count). The van der Waals surface area contributed by atoms with E-state index >= 15 is 0 Å². The summed E-state index contributed by atoms with van der Waals surface area (Å²) < 4.78 is 23.5. The van der Waals surface area contributed by atoms with Gasteiger partial charge in [-0.05, 0) is 35.9 Å². The van der Waals surface area contributed by atoms with Gasteiger partial charge in [0.1, 0.15) is 17.4 Å². The number of halogens is 1. The van der Waals surface area contributed by atoms with Gasteiger partial charge >= 0.3 is 0 Å². The average Bonchev–Trinajstić information content (AvgIpc) is 3.04. The summed E-state index contributed by atoms with van der Waals surface area (Å²) >= 11 is 0. The molecule has 0 aliphatic rings. The molecule has 1 aromatic carbocycles. The van der Waals surface area contributed by atoms with Crippen molar-refractivity contribution in [1.82, 2.24) is 5.32 Å². The molecule has 1 heterocycles. The van der Waals surface area contributed by atoms with Crippen LogP contribution in [0, 0.1) is 17.1 Å². The number of hydrogen-bond acceptors (Lipinski definition) is 4. The Morgan fingerprint density at radius 3 is 2.91 bits per heavy atom. The second-order valence-corrected chi connectivity index (χ2v) is 4.33. The molecule has 1 aromatic heterocycles. The van der Waals surface area contributed by atoms with Gasteiger partial charge in [-0.25, -0.2) is 4.39 Å². The lowest BCUT2D eigenvalue weighted by Crippen LogP contribution is -2.23. The zero-order chi connectivity index (χ0) is 15.9. The highest BCUT2D eigenvalue weighted by molar-refractivity contribution is 6.01. The summed E-state index contributed by atoms with van der Waals surface area (Å²) in [4.78, 5) is 11.9. The van der Waals surface area contributed by atoms with Crippen LogP contribution < -0.4 is 10.1 Å². The molecular weight excluding hydrogens is 287 g/mol. The highest BCUT2D eigenvalue weighted by atomic mass is 19.1. The molecule has 1 amide bonds. The Bertz CT molecular complexity index is 730. The molecule has 0 saturated heterocycles. The van der Waals surface area contributed by atoms with Crippen molar-refractivity contribution >= 4 is 12.0 Å². The Labute approximate surface area is 126 Å². The number of rotatable bonds is 5. The average molecular weight is 300 g/mol. The van der Waals surface area contributed by atoms with E-state index in [0.717, 1.165) is 0 Å². The predicted molar refractivity (Wildman–Crippen MR) is 77.1 cm³/mol. The highest BCUT2D eigenvalue weighted by Gasteiger charge is 2.10. The fraction of sp³-hybridized carbons (Fsp3) is 0.125. The van der Waals surface area contributed by atoms with Gasteiger partial charge in [0.25, 0.3) is 5.91 Å². The number of ether oxygens (including phenoxy) is 1. The number of amides is 1. The Morgan fingerprint density at radius 2 is 2.32 bits per heavy atom. The number of benzene rings is 1. The molecule has 0 atom stereocenters. The van der Waals surface area contributed by atoms with E-state index in [1.54, 1.807) is 24.3 Å². The lowest BCUT2D eigenvalue weighted by atomic mass is 10.1. The van der Waals surface area contributed by atoms with Crippen LogP contribution in [0.5, 0.6) is 5.75 Å². The minimum Gasteiger partial charge on any atom is -0.494 e. The van der Waals surface area contributed by atoms with Crippen LogP contribution in [0.25, 0.3) is 6.08 Å². The second kappa shape index (κ2) is 7.09. The first-order valence-corrected chi connectivity index (χ1v) is 6.40. The molecule has 5 nitrogen and oxygen atoms in total. The third-order valence-corrected chi connectivity index (χ3v) is 2.86. The van der Waals surface area contributed by atoms with E-state index in [9.17, 15) is 9.18 Å². The van der Waals surface area contributed by atoms with Gasteiger partial charge in [-0.3, -0.25) is 4.79 Å². The van der Waals surface area contributed by atoms with Crippen LogP contribution in [0.3, 0.4) is 0 Å². The van der Waals surface area contributed by atoms with Crippen LogP contribution in [-0.4, -0.2) is 13.0 Å². The fourth-order valence-corrected chi connectivity index (χ4v) is 1.76. The maximum Gasteiger partial charge on any atom is 0.262 e. The molecule has 0 spiro atoms. The van der Waals surface area contributed by atoms with E-state index in [1.807, 2.05) is 0 Å². The van der Waals surface area contributed by atoms with Crippen LogP contribution in [0.2, 0.25) is 0 Å². The van der Waals surface area contributed by atoms with Crippen molar-refractivity contribution in [2.24, 2.45) is 0 Å². The summed E-state index contributed by atoms with van der Waals surface area (Å²) in [7, 11) is 1.36. The lowest BCUT2D eigenvalue weighted by Gasteiger charge is -2.04. The maximum atomic E-state index is 13.6. The van der Waals surface area contributed by atoms with Crippen molar-refractivity contribution < 1.29 is 18.3 Å². The smallest absolute Gasteiger partial charge is 0.262 e. The maximum absolute atomic E-state index is 13.6. The molecule has 1 N–H and O–H groups in total. The van der Waals surface area contributed by atoms with E-state index in [0.29, 0.717) is 11.3 Å². The van der Waals surface area contributed by atoms with E-state index in [1.165, 1.54) is 31.6 Å². The van der Waals surface area contributed by atoms with Gasteiger partial charge in [-0.2, -0.15) is 5.26 Å². The zero-order valence-electron chi connectivity index (χ0n) is 11.8. The number of methoxy groups -OCH3 is 1. The van der Waals surface area contributed by atoms with Crippen molar-refractivity contribution in [1.29, 1.82) is 5.26 Å². The number of furan rings is 1. The molecule has 22 heavy (non-hydrogen) atoms. The number of carbonyl (C=O) groups is 1. The van der Waals surface area contributed by atoms with Gasteiger partial charge in [0.05, 0.1) is 19.9 Å². The number of hydrogen-bond donors (Lipinski definition) is 1. The van der Waals surface area contributed by atoms with Gasteiger partial charge < -0.3 is 14.5 Å². The van der Waals surface area contributed by atoms with Crippen LogP contribution in [-0.2, 0) is 11.3 Å². The molecule has 112 valence electrons. The number of nitrogens with one attached hydrogen (secondary N) is 1. The first kappa shape index (κ1) is 15.3. The van der Waals surface area contributed by atoms with Gasteiger partial charge in [0.2, 0.25) is 0 Å². The minimum atomic E-state index is -0.565. The quantitative estimate of drug-likeness (QED) is 0.680. The Balaban J connectivity index is 2.11. The molecule has 6 heteroatoms. The summed E-state index contributed by atoms with van der Waals surface area (Å²) in [5, 5.41) is 11.6. The largest absolute Gasteiger partial charge is 0.494 e. The fourth-order valence-electron chi connectivity index (χ4n) is 1.76. The van der Waals surface area contributed by atoms with Crippen molar-refractivity contribution in [2.75, 3.05) is 7.11 Å². The first-order valence-electron chi connectivity index (χ1n) is 6.40. The second-order valence-electron chi connectivity index (χ2n) is 4.33. The van der Waals surface area contributed by atoms with Crippen LogP contribution >= 0.6 is 0 Å². The van der Waals surface area contributed by atoms with E-state index in [4.69, 9.17) is 14.4 Å². The first-order chi connectivity index (χ1) is 10.6. The Morgan fingerprint density at radius 1 is 1.50 bits per heavy atom. The lowest BCUT2D eigenvalue weighted by molar-refractivity contribution is -0.117. The topological polar surface area (TPSA) is 75.3 Å². The van der Waals surface area contributed by atoms with Crippen molar-refractivity contribution in [3.63, 3.8) is 0 Å². The summed E-state index contributed by atoms with van der Waals surface area (Å²) in [6, 6.07) is 9.37. The number of nitrogens with zero attached hydrogens (tertiary/aromatic N) is 1. The monoisotopic (exact) mass is 300 g/mol. The normalized spacial score (nSPS) is 10.9. The summed E-state index contributed by atoms with van der Waals surface area (Å²) in [5.74, 6) is -0.460. The summed E-state index contributed by atoms with van der Waals surface area (Å²) in [6.07, 6.45) is 2.79. The number of nitriles is 1. The van der Waals surface area contributed by atoms with E-state index < -0.39 is 11.7 Å². The molecule has 0 fully saturated rings. The third kappa shape index (κ3) is 3.73. The van der Waals surface area contributed by atoms with E-state index in [2.05, 4.69) is 5.32 Å². The zero-order valence-corrected chi connectivity index (χ0v) is 11.8. The van der Waals surface area contributed by atoms with Crippen LogP contribution in [0.4, 0.5) is 4.39 Å². The third-order valence-electron chi connectivity index (χ3n) is 2.86. The molecule has 0 unspecified atom stereocenters. The SMILES string of the molecule is COc1ccc(/C=C(\C#N)C(=O)NCc2ccco2)cc1F. The van der Waals surface area contributed by atoms with Gasteiger partial charge in [-0.15, -0.1) is 0 Å². The van der Waals surface area contributed by atoms with Crippen molar-refractivity contribution in [3.8, 4) is 11.8 Å². The molecular formula is C16H13FN2O3. The Hall–Kier alpha value is -3.07.